The van der Waals surface area contributed by atoms with Crippen LogP contribution < -0.4 is 5.32 Å². The Kier molecular flexibility index (Phi) is 5.72. The second-order valence-electron chi connectivity index (χ2n) is 7.42. The van der Waals surface area contributed by atoms with E-state index in [0.717, 1.165) is 55.0 Å². The number of carbonyl (C=O) groups excluding carboxylic acids is 1. The van der Waals surface area contributed by atoms with E-state index in [0.29, 0.717) is 18.9 Å². The predicted octanol–water partition coefficient (Wildman–Crippen LogP) is 3.56. The van der Waals surface area contributed by atoms with Crippen LogP contribution in [-0.2, 0) is 11.2 Å². The van der Waals surface area contributed by atoms with Gasteiger partial charge in [0.1, 0.15) is 5.82 Å². The molecule has 1 aliphatic heterocycles. The molecule has 1 atom stereocenters. The minimum absolute atomic E-state index is 0.238. The highest BCUT2D eigenvalue weighted by atomic mass is 16.2. The molecular weight excluding hydrogens is 348 g/mol. The van der Waals surface area contributed by atoms with Crippen LogP contribution in [0.4, 0.5) is 0 Å². The predicted molar refractivity (Wildman–Crippen MR) is 113 cm³/mol. The lowest BCUT2D eigenvalue weighted by Gasteiger charge is -2.28. The van der Waals surface area contributed by atoms with Crippen LogP contribution in [0.3, 0.4) is 0 Å². The molecular formula is C23H28N4O. The number of aryl methyl sites for hydroxylation is 1. The van der Waals surface area contributed by atoms with Crippen LogP contribution in [0.25, 0.3) is 16.7 Å². The number of hydrogen-bond donors (Lipinski definition) is 1. The van der Waals surface area contributed by atoms with Gasteiger partial charge in [-0.1, -0.05) is 37.3 Å². The van der Waals surface area contributed by atoms with Crippen LogP contribution in [0.2, 0.25) is 0 Å². The van der Waals surface area contributed by atoms with Gasteiger partial charge in [-0.25, -0.2) is 4.98 Å². The smallest absolute Gasteiger partial charge is 0.223 e. The fourth-order valence-electron chi connectivity index (χ4n) is 4.13. The lowest BCUT2D eigenvalue weighted by atomic mass is 10.1. The van der Waals surface area contributed by atoms with Crippen molar-refractivity contribution < 1.29 is 4.79 Å². The van der Waals surface area contributed by atoms with Gasteiger partial charge in [0.25, 0.3) is 0 Å². The Hall–Kier alpha value is -2.66. The van der Waals surface area contributed by atoms with Crippen LogP contribution >= 0.6 is 0 Å². The highest BCUT2D eigenvalue weighted by molar-refractivity contribution is 5.79. The number of amides is 1. The maximum Gasteiger partial charge on any atom is 0.223 e. The van der Waals surface area contributed by atoms with E-state index in [9.17, 15) is 4.79 Å². The third-order valence-corrected chi connectivity index (χ3v) is 5.47. The summed E-state index contributed by atoms with van der Waals surface area (Å²) in [6, 6.07) is 18.8. The Balaban J connectivity index is 1.58. The summed E-state index contributed by atoms with van der Waals surface area (Å²) in [7, 11) is 0. The highest BCUT2D eigenvalue weighted by Gasteiger charge is 2.26. The van der Waals surface area contributed by atoms with E-state index in [-0.39, 0.29) is 5.91 Å². The molecule has 1 fully saturated rings. The molecule has 0 aliphatic carbocycles. The zero-order valence-electron chi connectivity index (χ0n) is 16.5. The van der Waals surface area contributed by atoms with E-state index in [1.807, 2.05) is 36.4 Å². The summed E-state index contributed by atoms with van der Waals surface area (Å²) in [6.45, 7) is 4.88. The van der Waals surface area contributed by atoms with Gasteiger partial charge in [0.2, 0.25) is 5.91 Å². The van der Waals surface area contributed by atoms with Gasteiger partial charge in [0, 0.05) is 37.7 Å². The summed E-state index contributed by atoms with van der Waals surface area (Å²) in [5.41, 5.74) is 3.14. The summed E-state index contributed by atoms with van der Waals surface area (Å²) < 4.78 is 2.18. The molecule has 2 heterocycles. The van der Waals surface area contributed by atoms with Gasteiger partial charge in [-0.3, -0.25) is 9.36 Å². The van der Waals surface area contributed by atoms with Gasteiger partial charge >= 0.3 is 0 Å². The number of nitrogens with zero attached hydrogens (tertiary/aromatic N) is 3. The van der Waals surface area contributed by atoms with Crippen LogP contribution in [-0.4, -0.2) is 46.0 Å². The van der Waals surface area contributed by atoms with Crippen molar-refractivity contribution in [2.75, 3.05) is 19.6 Å². The molecule has 146 valence electrons. The molecule has 3 aromatic rings. The van der Waals surface area contributed by atoms with Gasteiger partial charge in [0.05, 0.1) is 11.0 Å². The lowest BCUT2D eigenvalue weighted by molar-refractivity contribution is -0.133. The number of aromatic nitrogens is 2. The molecule has 2 aromatic carbocycles. The largest absolute Gasteiger partial charge is 0.338 e. The van der Waals surface area contributed by atoms with E-state index in [4.69, 9.17) is 4.98 Å². The third-order valence-electron chi connectivity index (χ3n) is 5.47. The average molecular weight is 377 g/mol. The maximum absolute atomic E-state index is 13.0. The van der Waals surface area contributed by atoms with Gasteiger partial charge < -0.3 is 10.2 Å². The third kappa shape index (κ3) is 3.80. The van der Waals surface area contributed by atoms with E-state index in [2.05, 4.69) is 39.9 Å². The van der Waals surface area contributed by atoms with E-state index in [1.54, 1.807) is 0 Å². The zero-order valence-corrected chi connectivity index (χ0v) is 16.5. The van der Waals surface area contributed by atoms with Crippen LogP contribution in [0.1, 0.15) is 32.0 Å². The zero-order chi connectivity index (χ0) is 19.3. The molecule has 28 heavy (non-hydrogen) atoms. The van der Waals surface area contributed by atoms with Crippen molar-refractivity contribution in [1.82, 2.24) is 19.8 Å². The van der Waals surface area contributed by atoms with E-state index < -0.39 is 0 Å². The molecule has 5 heteroatoms. The van der Waals surface area contributed by atoms with Gasteiger partial charge in [-0.2, -0.15) is 0 Å². The van der Waals surface area contributed by atoms with Crippen molar-refractivity contribution in [2.24, 2.45) is 0 Å². The maximum atomic E-state index is 13.0. The highest BCUT2D eigenvalue weighted by Crippen LogP contribution is 2.23. The molecule has 0 saturated carbocycles. The van der Waals surface area contributed by atoms with Gasteiger partial charge in [-0.05, 0) is 43.7 Å². The number of carbonyl (C=O) groups is 1. The first-order valence-electron chi connectivity index (χ1n) is 10.3. The minimum Gasteiger partial charge on any atom is -0.338 e. The molecule has 0 bridgehead atoms. The molecule has 1 N–H and O–H groups in total. The topological polar surface area (TPSA) is 50.2 Å². The number of para-hydroxylation sites is 3. The average Bonchev–Trinajstić information content (AvgIpc) is 3.38. The molecule has 0 radical (unpaired) electrons. The van der Waals surface area contributed by atoms with E-state index in [1.165, 1.54) is 0 Å². The van der Waals surface area contributed by atoms with Gasteiger partial charge in [0.15, 0.2) is 0 Å². The van der Waals surface area contributed by atoms with Crippen molar-refractivity contribution >= 4 is 16.9 Å². The van der Waals surface area contributed by atoms with Crippen molar-refractivity contribution in [3.8, 4) is 5.69 Å². The fraction of sp³-hybridized carbons (Fsp3) is 0.391. The number of imidazole rings is 1. The van der Waals surface area contributed by atoms with Crippen molar-refractivity contribution in [3.05, 3.63) is 60.4 Å². The molecule has 1 aromatic heterocycles. The molecule has 1 aliphatic rings. The summed E-state index contributed by atoms with van der Waals surface area (Å²) in [5, 5.41) is 3.38. The lowest BCUT2D eigenvalue weighted by Crippen LogP contribution is -2.42. The summed E-state index contributed by atoms with van der Waals surface area (Å²) in [6.07, 6.45) is 3.18. The van der Waals surface area contributed by atoms with Gasteiger partial charge in [-0.15, -0.1) is 0 Å². The van der Waals surface area contributed by atoms with Crippen molar-refractivity contribution in [3.63, 3.8) is 0 Å². The minimum atomic E-state index is 0.238. The molecule has 4 rings (SSSR count). The Morgan fingerprint density at radius 2 is 1.96 bits per heavy atom. The molecule has 5 nitrogen and oxygen atoms in total. The first kappa shape index (κ1) is 18.7. The molecule has 1 saturated heterocycles. The first-order chi connectivity index (χ1) is 13.8. The fourth-order valence-corrected chi connectivity index (χ4v) is 4.13. The second-order valence-corrected chi connectivity index (χ2v) is 7.42. The number of nitrogens with one attached hydrogen (secondary N) is 1. The van der Waals surface area contributed by atoms with Crippen LogP contribution in [0.5, 0.6) is 0 Å². The Morgan fingerprint density at radius 3 is 2.71 bits per heavy atom. The molecule has 1 unspecified atom stereocenters. The molecule has 0 spiro atoms. The number of hydrogen-bond acceptors (Lipinski definition) is 3. The number of rotatable bonds is 7. The van der Waals surface area contributed by atoms with Crippen LogP contribution in [0.15, 0.2) is 54.6 Å². The Morgan fingerprint density at radius 1 is 1.18 bits per heavy atom. The summed E-state index contributed by atoms with van der Waals surface area (Å²) >= 11 is 0. The summed E-state index contributed by atoms with van der Waals surface area (Å²) in [5.74, 6) is 1.18. The van der Waals surface area contributed by atoms with Crippen molar-refractivity contribution in [2.45, 2.75) is 38.6 Å². The van der Waals surface area contributed by atoms with E-state index >= 15 is 0 Å². The Bertz CT molecular complexity index is 928. The SMILES string of the molecule is CCCN(C(=O)CCc1nc2ccccc2n1-c1ccccc1)C1CCNC1. The number of fused-ring (bicyclic) bond motifs is 1. The van der Waals surface area contributed by atoms with Crippen molar-refractivity contribution in [1.29, 1.82) is 0 Å². The summed E-state index contributed by atoms with van der Waals surface area (Å²) in [4.78, 5) is 19.9. The Labute approximate surface area is 166 Å². The number of benzene rings is 2. The second kappa shape index (κ2) is 8.57. The normalized spacial score (nSPS) is 16.5. The first-order valence-corrected chi connectivity index (χ1v) is 10.3. The quantitative estimate of drug-likeness (QED) is 0.686. The molecule has 1 amide bonds. The van der Waals surface area contributed by atoms with Crippen LogP contribution in [0, 0.1) is 0 Å². The monoisotopic (exact) mass is 376 g/mol. The standard InChI is InChI=1S/C23H28N4O/c1-2-16-26(19-14-15-24-17-19)23(28)13-12-22-25-20-10-6-7-11-21(20)27(22)18-8-4-3-5-9-18/h3-11,19,24H,2,12-17H2,1H3.